The Kier molecular flexibility index (Phi) is 4.53. The van der Waals surface area contributed by atoms with Gasteiger partial charge in [-0.15, -0.1) is 0 Å². The van der Waals surface area contributed by atoms with Crippen molar-refractivity contribution in [3.05, 3.63) is 65.5 Å². The molecule has 0 spiro atoms. The summed E-state index contributed by atoms with van der Waals surface area (Å²) in [6.45, 7) is 1.67. The number of benzene rings is 2. The van der Waals surface area contributed by atoms with E-state index in [2.05, 4.69) is 11.0 Å². The van der Waals surface area contributed by atoms with Gasteiger partial charge in [0.2, 0.25) is 0 Å². The second-order valence-electron chi connectivity index (χ2n) is 4.86. The van der Waals surface area contributed by atoms with Crippen molar-refractivity contribution in [2.24, 2.45) is 0 Å². The van der Waals surface area contributed by atoms with Crippen LogP contribution < -0.4 is 5.73 Å². The van der Waals surface area contributed by atoms with E-state index in [0.717, 1.165) is 30.8 Å². The fourth-order valence-corrected chi connectivity index (χ4v) is 2.09. The van der Waals surface area contributed by atoms with Gasteiger partial charge in [-0.3, -0.25) is 0 Å². The Morgan fingerprint density at radius 3 is 2.53 bits per heavy atom. The molecule has 0 unspecified atom stereocenters. The normalized spacial score (nSPS) is 10.9. The van der Waals surface area contributed by atoms with Gasteiger partial charge in [0.25, 0.3) is 0 Å². The first-order chi connectivity index (χ1) is 9.13. The van der Waals surface area contributed by atoms with Crippen LogP contribution in [0.3, 0.4) is 0 Å². The third-order valence-corrected chi connectivity index (χ3v) is 3.07. The van der Waals surface area contributed by atoms with Crippen molar-refractivity contribution in [1.82, 2.24) is 4.90 Å². The fourth-order valence-electron chi connectivity index (χ4n) is 2.09. The molecule has 0 atom stereocenters. The Bertz CT molecular complexity index is 540. The quantitative estimate of drug-likeness (QED) is 0.835. The van der Waals surface area contributed by atoms with Crippen LogP contribution in [0.2, 0.25) is 0 Å². The maximum Gasteiger partial charge on any atom is 0.123 e. The smallest absolute Gasteiger partial charge is 0.123 e. The maximum absolute atomic E-state index is 13.1. The fraction of sp³-hybridized carbons (Fsp3) is 0.250. The van der Waals surface area contributed by atoms with Gasteiger partial charge in [-0.25, -0.2) is 4.39 Å². The lowest BCUT2D eigenvalue weighted by Gasteiger charge is -2.16. The summed E-state index contributed by atoms with van der Waals surface area (Å²) in [5.41, 5.74) is 8.77. The molecule has 0 saturated heterocycles. The molecule has 0 aliphatic carbocycles. The number of likely N-dealkylation sites (N-methyl/N-ethyl adjacent to an activating group) is 1. The van der Waals surface area contributed by atoms with Crippen molar-refractivity contribution in [2.45, 2.75) is 13.0 Å². The molecule has 0 radical (unpaired) electrons. The van der Waals surface area contributed by atoms with Crippen molar-refractivity contribution in [3.63, 3.8) is 0 Å². The maximum atomic E-state index is 13.1. The lowest BCUT2D eigenvalue weighted by atomic mass is 10.1. The number of anilines is 1. The first kappa shape index (κ1) is 13.6. The monoisotopic (exact) mass is 258 g/mol. The molecule has 0 amide bonds. The zero-order valence-corrected chi connectivity index (χ0v) is 11.1. The molecule has 0 fully saturated rings. The lowest BCUT2D eigenvalue weighted by Crippen LogP contribution is -2.20. The average molecular weight is 258 g/mol. The highest BCUT2D eigenvalue weighted by molar-refractivity contribution is 5.40. The number of hydrogen-bond acceptors (Lipinski definition) is 2. The summed E-state index contributed by atoms with van der Waals surface area (Å²) in [5.74, 6) is -0.179. The summed E-state index contributed by atoms with van der Waals surface area (Å²) in [6, 6.07) is 14.7. The van der Waals surface area contributed by atoms with Crippen molar-refractivity contribution >= 4 is 5.69 Å². The molecule has 2 nitrogen and oxygen atoms in total. The molecule has 0 aliphatic rings. The van der Waals surface area contributed by atoms with Gasteiger partial charge in [-0.1, -0.05) is 24.3 Å². The van der Waals surface area contributed by atoms with Crippen LogP contribution in [0, 0.1) is 5.82 Å². The molecule has 0 heterocycles. The summed E-state index contributed by atoms with van der Waals surface area (Å²) < 4.78 is 13.1. The van der Waals surface area contributed by atoms with E-state index in [4.69, 9.17) is 5.73 Å². The number of hydrogen-bond donors (Lipinski definition) is 1. The van der Waals surface area contributed by atoms with E-state index in [9.17, 15) is 4.39 Å². The van der Waals surface area contributed by atoms with E-state index in [1.54, 1.807) is 12.1 Å². The van der Waals surface area contributed by atoms with Gasteiger partial charge in [0, 0.05) is 18.8 Å². The summed E-state index contributed by atoms with van der Waals surface area (Å²) in [4.78, 5) is 2.18. The summed E-state index contributed by atoms with van der Waals surface area (Å²) in [7, 11) is 2.04. The van der Waals surface area contributed by atoms with Crippen LogP contribution in [-0.2, 0) is 13.0 Å². The Balaban J connectivity index is 1.86. The molecular weight excluding hydrogens is 239 g/mol. The Hall–Kier alpha value is -1.87. The second kappa shape index (κ2) is 6.34. The van der Waals surface area contributed by atoms with E-state index in [1.165, 1.54) is 11.6 Å². The van der Waals surface area contributed by atoms with Crippen LogP contribution in [-0.4, -0.2) is 18.5 Å². The van der Waals surface area contributed by atoms with E-state index >= 15 is 0 Å². The van der Waals surface area contributed by atoms with Crippen molar-refractivity contribution in [2.75, 3.05) is 19.3 Å². The molecule has 2 N–H and O–H groups in total. The van der Waals surface area contributed by atoms with E-state index in [0.29, 0.717) is 0 Å². The first-order valence-corrected chi connectivity index (χ1v) is 6.41. The molecule has 0 aliphatic heterocycles. The molecule has 0 aromatic heterocycles. The predicted octanol–water partition coefficient (Wildman–Crippen LogP) is 3.08. The van der Waals surface area contributed by atoms with Crippen LogP contribution in [0.25, 0.3) is 0 Å². The number of nitrogens with two attached hydrogens (primary N) is 1. The van der Waals surface area contributed by atoms with Crippen molar-refractivity contribution < 1.29 is 4.39 Å². The SMILES string of the molecule is CN(CCc1cccc(N)c1)Cc1cccc(F)c1. The van der Waals surface area contributed by atoms with Gasteiger partial charge < -0.3 is 10.6 Å². The zero-order valence-electron chi connectivity index (χ0n) is 11.1. The molecule has 0 saturated carbocycles. The van der Waals surface area contributed by atoms with Crippen LogP contribution in [0.15, 0.2) is 48.5 Å². The number of nitrogens with zero attached hydrogens (tertiary/aromatic N) is 1. The van der Waals surface area contributed by atoms with Gasteiger partial charge in [-0.2, -0.15) is 0 Å². The third-order valence-electron chi connectivity index (χ3n) is 3.07. The van der Waals surface area contributed by atoms with Gasteiger partial charge in [-0.05, 0) is 48.9 Å². The zero-order chi connectivity index (χ0) is 13.7. The molecule has 100 valence electrons. The standard InChI is InChI=1S/C16H19FN2/c1-19(12-14-5-2-6-15(17)10-14)9-8-13-4-3-7-16(18)11-13/h2-7,10-11H,8-9,12,18H2,1H3. The van der Waals surface area contributed by atoms with Gasteiger partial charge in [0.15, 0.2) is 0 Å². The number of nitrogen functional groups attached to an aromatic ring is 1. The van der Waals surface area contributed by atoms with Crippen LogP contribution in [0.1, 0.15) is 11.1 Å². The molecule has 2 rings (SSSR count). The summed E-state index contributed by atoms with van der Waals surface area (Å²) in [6.07, 6.45) is 0.941. The lowest BCUT2D eigenvalue weighted by molar-refractivity contribution is 0.330. The minimum atomic E-state index is -0.179. The Labute approximate surface area is 113 Å². The molecule has 19 heavy (non-hydrogen) atoms. The predicted molar refractivity (Wildman–Crippen MR) is 77.3 cm³/mol. The minimum absolute atomic E-state index is 0.179. The highest BCUT2D eigenvalue weighted by atomic mass is 19.1. The summed E-state index contributed by atoms with van der Waals surface area (Å²) in [5, 5.41) is 0. The highest BCUT2D eigenvalue weighted by Crippen LogP contribution is 2.09. The van der Waals surface area contributed by atoms with Gasteiger partial charge in [0.05, 0.1) is 0 Å². The van der Waals surface area contributed by atoms with Crippen LogP contribution in [0.4, 0.5) is 10.1 Å². The Morgan fingerprint density at radius 1 is 1.05 bits per heavy atom. The van der Waals surface area contributed by atoms with E-state index in [1.807, 2.05) is 31.3 Å². The Morgan fingerprint density at radius 2 is 1.79 bits per heavy atom. The highest BCUT2D eigenvalue weighted by Gasteiger charge is 2.02. The summed E-state index contributed by atoms with van der Waals surface area (Å²) >= 11 is 0. The van der Waals surface area contributed by atoms with Gasteiger partial charge in [0.1, 0.15) is 5.82 Å². The average Bonchev–Trinajstić information content (AvgIpc) is 2.36. The van der Waals surface area contributed by atoms with Crippen molar-refractivity contribution in [3.8, 4) is 0 Å². The topological polar surface area (TPSA) is 29.3 Å². The molecule has 2 aromatic rings. The van der Waals surface area contributed by atoms with Crippen LogP contribution in [0.5, 0.6) is 0 Å². The first-order valence-electron chi connectivity index (χ1n) is 6.41. The number of rotatable bonds is 5. The second-order valence-corrected chi connectivity index (χ2v) is 4.86. The molecule has 3 heteroatoms. The number of halogens is 1. The van der Waals surface area contributed by atoms with E-state index in [-0.39, 0.29) is 5.82 Å². The molecular formula is C16H19FN2. The van der Waals surface area contributed by atoms with Crippen molar-refractivity contribution in [1.29, 1.82) is 0 Å². The third kappa shape index (κ3) is 4.38. The van der Waals surface area contributed by atoms with E-state index < -0.39 is 0 Å². The minimum Gasteiger partial charge on any atom is -0.399 e. The van der Waals surface area contributed by atoms with Crippen LogP contribution >= 0.6 is 0 Å². The largest absolute Gasteiger partial charge is 0.399 e. The molecule has 0 bridgehead atoms. The van der Waals surface area contributed by atoms with Gasteiger partial charge >= 0.3 is 0 Å². The molecule has 2 aromatic carbocycles.